The van der Waals surface area contributed by atoms with E-state index in [1.54, 1.807) is 0 Å². The van der Waals surface area contributed by atoms with E-state index in [4.69, 9.17) is 4.42 Å². The molecule has 0 unspecified atom stereocenters. The molecule has 5 aromatic carbocycles. The van der Waals surface area contributed by atoms with E-state index < -0.39 is 13.0 Å². The minimum atomic E-state index is -1.83. The number of aryl methyl sites for hydroxylation is 1. The van der Waals surface area contributed by atoms with Crippen LogP contribution < -0.4 is 21.3 Å². The molecule has 0 spiro atoms. The summed E-state index contributed by atoms with van der Waals surface area (Å²) in [6.07, 6.45) is 5.51. The van der Waals surface area contributed by atoms with Crippen LogP contribution in [0.3, 0.4) is 0 Å². The van der Waals surface area contributed by atoms with E-state index in [9.17, 15) is 15.0 Å². The van der Waals surface area contributed by atoms with Crippen LogP contribution >= 0.6 is 7.26 Å². The number of benzene rings is 5. The highest BCUT2D eigenvalue weighted by atomic mass is 31.2. The maximum absolute atomic E-state index is 13.1. The predicted molar refractivity (Wildman–Crippen MR) is 174 cm³/mol. The van der Waals surface area contributed by atoms with Crippen LogP contribution in [0.1, 0.15) is 18.4 Å². The van der Waals surface area contributed by atoms with Gasteiger partial charge in [-0.1, -0.05) is 78.9 Å². The number of rotatable bonds is 9. The SMILES string of the molecule is O=c1c(-c2ccc(CCCC[P+](c3ccccc3)(c3ccccc3)c3ccccc3)cc2)coc2c(O)c(O)ccc12. The van der Waals surface area contributed by atoms with Crippen molar-refractivity contribution in [1.82, 2.24) is 0 Å². The fraction of sp³-hybridized carbons (Fsp3) is 0.108. The first kappa shape index (κ1) is 27.5. The van der Waals surface area contributed by atoms with E-state index in [0.717, 1.165) is 31.0 Å². The first-order valence-corrected chi connectivity index (χ1v) is 16.2. The van der Waals surface area contributed by atoms with Gasteiger partial charge in [-0.15, -0.1) is 0 Å². The summed E-state index contributed by atoms with van der Waals surface area (Å²) in [5, 5.41) is 24.2. The fourth-order valence-corrected chi connectivity index (χ4v) is 10.2. The van der Waals surface area contributed by atoms with E-state index in [1.165, 1.54) is 39.9 Å². The number of fused-ring (bicyclic) bond motifs is 1. The molecule has 2 N–H and O–H groups in total. The van der Waals surface area contributed by atoms with Gasteiger partial charge in [-0.25, -0.2) is 0 Å². The lowest BCUT2D eigenvalue weighted by atomic mass is 10.0. The molecule has 6 aromatic rings. The molecule has 0 saturated carbocycles. The third-order valence-electron chi connectivity index (χ3n) is 7.96. The van der Waals surface area contributed by atoms with Crippen molar-refractivity contribution in [2.24, 2.45) is 0 Å². The monoisotopic (exact) mass is 571 g/mol. The van der Waals surface area contributed by atoms with Crippen molar-refractivity contribution < 1.29 is 14.6 Å². The molecule has 0 atom stereocenters. The second-order valence-corrected chi connectivity index (χ2v) is 14.1. The third kappa shape index (κ3) is 5.22. The van der Waals surface area contributed by atoms with E-state index in [2.05, 4.69) is 103 Å². The average molecular weight is 572 g/mol. The van der Waals surface area contributed by atoms with Crippen molar-refractivity contribution in [3.05, 3.63) is 149 Å². The summed E-state index contributed by atoms with van der Waals surface area (Å²) >= 11 is 0. The molecule has 0 saturated heterocycles. The van der Waals surface area contributed by atoms with Crippen LogP contribution in [0.15, 0.2) is 143 Å². The van der Waals surface area contributed by atoms with Crippen molar-refractivity contribution in [2.45, 2.75) is 19.3 Å². The Morgan fingerprint density at radius 3 is 1.71 bits per heavy atom. The summed E-state index contributed by atoms with van der Waals surface area (Å²) in [5.74, 6) is -0.747. The molecular formula is C37H32O4P+. The molecule has 0 amide bonds. The Morgan fingerprint density at radius 1 is 0.619 bits per heavy atom. The first-order valence-electron chi connectivity index (χ1n) is 14.2. The van der Waals surface area contributed by atoms with Gasteiger partial charge in [-0.2, -0.15) is 0 Å². The Bertz CT molecular complexity index is 1750. The zero-order valence-electron chi connectivity index (χ0n) is 23.2. The van der Waals surface area contributed by atoms with E-state index >= 15 is 0 Å². The zero-order valence-corrected chi connectivity index (χ0v) is 24.1. The maximum Gasteiger partial charge on any atom is 0.201 e. The second kappa shape index (κ2) is 12.1. The first-order chi connectivity index (χ1) is 20.6. The van der Waals surface area contributed by atoms with Crippen LogP contribution in [0.25, 0.3) is 22.1 Å². The lowest BCUT2D eigenvalue weighted by molar-refractivity contribution is 0.399. The lowest BCUT2D eigenvalue weighted by Gasteiger charge is -2.27. The largest absolute Gasteiger partial charge is 0.504 e. The van der Waals surface area contributed by atoms with E-state index in [-0.39, 0.29) is 22.1 Å². The van der Waals surface area contributed by atoms with Crippen LogP contribution in [0.2, 0.25) is 0 Å². The number of phenols is 2. The summed E-state index contributed by atoms with van der Waals surface area (Å²) in [7, 11) is -1.83. The van der Waals surface area contributed by atoms with Gasteiger partial charge in [0.2, 0.25) is 11.2 Å². The molecule has 42 heavy (non-hydrogen) atoms. The summed E-state index contributed by atoms with van der Waals surface area (Å²) in [5.41, 5.74) is 2.13. The number of phenolic OH excluding ortho intramolecular Hbond substituents is 2. The van der Waals surface area contributed by atoms with Gasteiger partial charge in [0.1, 0.15) is 29.4 Å². The third-order valence-corrected chi connectivity index (χ3v) is 12.5. The van der Waals surface area contributed by atoms with Crippen molar-refractivity contribution in [2.75, 3.05) is 6.16 Å². The predicted octanol–water partition coefficient (Wildman–Crippen LogP) is 7.19. The summed E-state index contributed by atoms with van der Waals surface area (Å²) in [6, 6.07) is 43.7. The number of aromatic hydroxyl groups is 2. The molecular weight excluding hydrogens is 539 g/mol. The number of hydrogen-bond donors (Lipinski definition) is 2. The number of hydrogen-bond acceptors (Lipinski definition) is 4. The second-order valence-electron chi connectivity index (χ2n) is 10.5. The molecule has 0 aliphatic carbocycles. The summed E-state index contributed by atoms with van der Waals surface area (Å²) in [4.78, 5) is 13.1. The van der Waals surface area contributed by atoms with Gasteiger partial charge in [0, 0.05) is 0 Å². The summed E-state index contributed by atoms with van der Waals surface area (Å²) < 4.78 is 5.53. The molecule has 0 radical (unpaired) electrons. The van der Waals surface area contributed by atoms with Crippen LogP contribution in [-0.4, -0.2) is 16.4 Å². The normalized spacial score (nSPS) is 11.5. The van der Waals surface area contributed by atoms with Gasteiger partial charge in [0.05, 0.1) is 17.1 Å². The minimum absolute atomic E-state index is 0.0132. The van der Waals surface area contributed by atoms with Gasteiger partial charge in [0.15, 0.2) is 11.3 Å². The number of unbranched alkanes of at least 4 members (excludes halogenated alkanes) is 1. The Balaban J connectivity index is 1.22. The molecule has 5 heteroatoms. The lowest BCUT2D eigenvalue weighted by Crippen LogP contribution is -2.33. The van der Waals surface area contributed by atoms with Gasteiger partial charge in [-0.3, -0.25) is 4.79 Å². The van der Waals surface area contributed by atoms with Crippen LogP contribution in [-0.2, 0) is 6.42 Å². The van der Waals surface area contributed by atoms with Crippen LogP contribution in [0.5, 0.6) is 11.5 Å². The molecule has 6 rings (SSSR count). The van der Waals surface area contributed by atoms with E-state index in [1.807, 2.05) is 12.1 Å². The average Bonchev–Trinajstić information content (AvgIpc) is 3.05. The highest BCUT2D eigenvalue weighted by molar-refractivity contribution is 7.95. The highest BCUT2D eigenvalue weighted by Crippen LogP contribution is 2.56. The van der Waals surface area contributed by atoms with Crippen molar-refractivity contribution in [3.63, 3.8) is 0 Å². The van der Waals surface area contributed by atoms with E-state index in [0.29, 0.717) is 5.56 Å². The van der Waals surface area contributed by atoms with Crippen molar-refractivity contribution in [1.29, 1.82) is 0 Å². The highest BCUT2D eigenvalue weighted by Gasteiger charge is 2.44. The molecule has 208 valence electrons. The molecule has 0 aliphatic heterocycles. The van der Waals surface area contributed by atoms with Gasteiger partial charge in [-0.05, 0) is 78.9 Å². The maximum atomic E-state index is 13.1. The van der Waals surface area contributed by atoms with Crippen molar-refractivity contribution >= 4 is 34.1 Å². The smallest absolute Gasteiger partial charge is 0.201 e. The molecule has 0 aliphatic rings. The van der Waals surface area contributed by atoms with Crippen LogP contribution in [0.4, 0.5) is 0 Å². The standard InChI is InChI=1S/C37H31O4P/c38-34-24-23-32-35(39)33(26-41-37(32)36(34)40)28-21-19-27(20-22-28)12-10-11-25-42(29-13-4-1-5-14-29,30-15-6-2-7-16-30)31-17-8-3-9-18-31/h1-9,13-24,26H,10-12,25H2,(H-,38,39,40)/p+1. The molecule has 4 nitrogen and oxygen atoms in total. The van der Waals surface area contributed by atoms with Gasteiger partial charge in [0.25, 0.3) is 0 Å². The fourth-order valence-electron chi connectivity index (χ4n) is 5.79. The Kier molecular flexibility index (Phi) is 7.90. The molecule has 1 aromatic heterocycles. The zero-order chi connectivity index (χ0) is 28.9. The Labute approximate surface area is 245 Å². The molecule has 0 fully saturated rings. The molecule has 1 heterocycles. The Morgan fingerprint density at radius 2 is 1.17 bits per heavy atom. The minimum Gasteiger partial charge on any atom is -0.504 e. The topological polar surface area (TPSA) is 70.7 Å². The van der Waals surface area contributed by atoms with Crippen LogP contribution in [0, 0.1) is 0 Å². The van der Waals surface area contributed by atoms with Crippen molar-refractivity contribution in [3.8, 4) is 22.6 Å². The summed E-state index contributed by atoms with van der Waals surface area (Å²) in [6.45, 7) is 0. The van der Waals surface area contributed by atoms with Gasteiger partial charge >= 0.3 is 0 Å². The van der Waals surface area contributed by atoms with Gasteiger partial charge < -0.3 is 14.6 Å². The molecule has 0 bridgehead atoms. The Hall–Kier alpha value is -4.66. The quantitative estimate of drug-likeness (QED) is 0.110.